The largest absolute Gasteiger partial charge is 0.489 e. The van der Waals surface area contributed by atoms with Crippen LogP contribution in [0.25, 0.3) is 11.5 Å². The first-order chi connectivity index (χ1) is 21.8. The Hall–Kier alpha value is -4.28. The molecule has 1 aliphatic heterocycles. The van der Waals surface area contributed by atoms with Crippen LogP contribution < -0.4 is 20.3 Å². The Morgan fingerprint density at radius 2 is 1.87 bits per heavy atom. The van der Waals surface area contributed by atoms with Gasteiger partial charge in [0.2, 0.25) is 5.89 Å². The topological polar surface area (TPSA) is 99.9 Å². The molecule has 10 heteroatoms. The number of fused-ring (bicyclic) bond motifs is 1. The molecule has 2 atom stereocenters. The Kier molecular flexibility index (Phi) is 10.8. The normalized spacial score (nSPS) is 14.0. The second kappa shape index (κ2) is 15.1. The van der Waals surface area contributed by atoms with Crippen LogP contribution in [0.5, 0.6) is 5.75 Å². The number of oxazole rings is 1. The van der Waals surface area contributed by atoms with Gasteiger partial charge >= 0.3 is 0 Å². The van der Waals surface area contributed by atoms with Crippen LogP contribution in [-0.4, -0.2) is 54.4 Å². The van der Waals surface area contributed by atoms with Gasteiger partial charge in [-0.15, -0.1) is 0 Å². The zero-order chi connectivity index (χ0) is 31.8. The molecule has 3 N–H and O–H groups in total. The van der Waals surface area contributed by atoms with Crippen molar-refractivity contribution >= 4 is 11.6 Å². The maximum atomic E-state index is 14.1. The van der Waals surface area contributed by atoms with Gasteiger partial charge in [-0.1, -0.05) is 44.5 Å². The number of aryl methyl sites for hydroxylation is 1. The molecule has 1 aromatic heterocycles. The number of hydrogen-bond acceptors (Lipinski definition) is 7. The summed E-state index contributed by atoms with van der Waals surface area (Å²) in [5.74, 6) is -0.990. The van der Waals surface area contributed by atoms with Crippen molar-refractivity contribution in [1.82, 2.24) is 15.6 Å². The highest BCUT2D eigenvalue weighted by Crippen LogP contribution is 2.41. The molecule has 5 rings (SSSR count). The number of aromatic nitrogens is 1. The third-order valence-electron chi connectivity index (χ3n) is 7.97. The molecule has 0 saturated carbocycles. The van der Waals surface area contributed by atoms with E-state index in [2.05, 4.69) is 46.5 Å². The standard InChI is InChI=1S/C35H40F2N4O4/c1-3-5-10-41-11-13-44-33-29(35-39-9-12-45-35)18-26(19-31(33)41)34(43)40-30(17-25-15-27(36)20-28(37)16-25)32(42)22-38-21-24-8-6-7-23(4-2)14-24/h6-9,12,14-16,18-20,30,32,38,42H,3-5,10-11,13,17,21-22H2,1-2H3,(H,40,43). The number of carbonyl (C=O) groups excluding carboxylic acids is 1. The van der Waals surface area contributed by atoms with E-state index >= 15 is 0 Å². The van der Waals surface area contributed by atoms with Crippen molar-refractivity contribution in [3.8, 4) is 17.2 Å². The molecule has 8 nitrogen and oxygen atoms in total. The molecule has 0 saturated heterocycles. The number of amides is 1. The summed E-state index contributed by atoms with van der Waals surface area (Å²) in [5.41, 5.74) is 4.22. The SMILES string of the molecule is CCCCN1CCOc2c(-c3ncco3)cc(C(=O)NC(Cc3cc(F)cc(F)c3)C(O)CNCc3cccc(CC)c3)cc21. The van der Waals surface area contributed by atoms with E-state index in [9.17, 15) is 18.7 Å². The van der Waals surface area contributed by atoms with Gasteiger partial charge in [0.25, 0.3) is 5.91 Å². The number of rotatable bonds is 14. The smallest absolute Gasteiger partial charge is 0.251 e. The van der Waals surface area contributed by atoms with Crippen molar-refractivity contribution in [2.45, 2.75) is 58.2 Å². The molecule has 0 aliphatic carbocycles. The molecule has 4 aromatic rings. The number of unbranched alkanes of at least 4 members (excludes halogenated alkanes) is 1. The van der Waals surface area contributed by atoms with Crippen molar-refractivity contribution in [3.63, 3.8) is 0 Å². The summed E-state index contributed by atoms with van der Waals surface area (Å²) in [6.45, 7) is 6.82. The number of hydrogen-bond donors (Lipinski definition) is 3. The number of aliphatic hydroxyl groups is 1. The summed E-state index contributed by atoms with van der Waals surface area (Å²) >= 11 is 0. The Labute approximate surface area is 262 Å². The van der Waals surface area contributed by atoms with Crippen LogP contribution in [-0.2, 0) is 19.4 Å². The van der Waals surface area contributed by atoms with E-state index in [1.807, 2.05) is 12.1 Å². The first kappa shape index (κ1) is 32.1. The second-order valence-electron chi connectivity index (χ2n) is 11.3. The van der Waals surface area contributed by atoms with Crippen molar-refractivity contribution in [2.24, 2.45) is 0 Å². The van der Waals surface area contributed by atoms with E-state index in [-0.39, 0.29) is 13.0 Å². The van der Waals surface area contributed by atoms with Gasteiger partial charge < -0.3 is 29.8 Å². The summed E-state index contributed by atoms with van der Waals surface area (Å²) < 4.78 is 39.8. The molecule has 2 heterocycles. The minimum absolute atomic E-state index is 0.0118. The average molecular weight is 619 g/mol. The lowest BCUT2D eigenvalue weighted by atomic mass is 9.99. The number of ether oxygens (including phenoxy) is 1. The Morgan fingerprint density at radius 1 is 1.07 bits per heavy atom. The van der Waals surface area contributed by atoms with E-state index < -0.39 is 29.7 Å². The summed E-state index contributed by atoms with van der Waals surface area (Å²) in [7, 11) is 0. The minimum atomic E-state index is -1.07. The van der Waals surface area contributed by atoms with E-state index in [4.69, 9.17) is 9.15 Å². The van der Waals surface area contributed by atoms with Gasteiger partial charge in [0.15, 0.2) is 5.75 Å². The first-order valence-corrected chi connectivity index (χ1v) is 15.5. The summed E-state index contributed by atoms with van der Waals surface area (Å²) in [5, 5.41) is 17.5. The zero-order valence-corrected chi connectivity index (χ0v) is 25.7. The molecule has 45 heavy (non-hydrogen) atoms. The highest BCUT2D eigenvalue weighted by atomic mass is 19.1. The second-order valence-corrected chi connectivity index (χ2v) is 11.3. The maximum absolute atomic E-state index is 14.1. The predicted molar refractivity (Wildman–Crippen MR) is 169 cm³/mol. The fourth-order valence-electron chi connectivity index (χ4n) is 5.59. The molecule has 0 spiro atoms. The molecule has 238 valence electrons. The number of halogens is 2. The monoisotopic (exact) mass is 618 g/mol. The van der Waals surface area contributed by atoms with Crippen molar-refractivity contribution in [3.05, 3.63) is 101 Å². The molecule has 0 radical (unpaired) electrons. The van der Waals surface area contributed by atoms with Gasteiger partial charge in [-0.25, -0.2) is 13.8 Å². The molecular formula is C35H40F2N4O4. The number of nitrogens with one attached hydrogen (secondary N) is 2. The lowest BCUT2D eigenvalue weighted by Gasteiger charge is -2.33. The van der Waals surface area contributed by atoms with Crippen LogP contribution in [0.1, 0.15) is 53.7 Å². The van der Waals surface area contributed by atoms with Crippen molar-refractivity contribution in [2.75, 3.05) is 31.1 Å². The third kappa shape index (κ3) is 8.26. The van der Waals surface area contributed by atoms with E-state index in [1.165, 1.54) is 30.2 Å². The van der Waals surface area contributed by atoms with Gasteiger partial charge in [-0.05, 0) is 60.2 Å². The van der Waals surface area contributed by atoms with Gasteiger partial charge in [0, 0.05) is 31.3 Å². The van der Waals surface area contributed by atoms with Gasteiger partial charge in [0.05, 0.1) is 36.1 Å². The summed E-state index contributed by atoms with van der Waals surface area (Å²) in [6.07, 6.45) is 4.83. The average Bonchev–Trinajstić information content (AvgIpc) is 3.57. The number of carbonyl (C=O) groups is 1. The maximum Gasteiger partial charge on any atom is 0.251 e. The fourth-order valence-corrected chi connectivity index (χ4v) is 5.59. The molecule has 3 aromatic carbocycles. The summed E-state index contributed by atoms with van der Waals surface area (Å²) in [6, 6.07) is 13.9. The third-order valence-corrected chi connectivity index (χ3v) is 7.97. The van der Waals surface area contributed by atoms with E-state index in [0.29, 0.717) is 48.0 Å². The van der Waals surface area contributed by atoms with Crippen LogP contribution in [0.4, 0.5) is 14.5 Å². The Balaban J connectivity index is 1.40. The first-order valence-electron chi connectivity index (χ1n) is 15.5. The predicted octanol–water partition coefficient (Wildman–Crippen LogP) is 5.67. The van der Waals surface area contributed by atoms with Gasteiger partial charge in [-0.3, -0.25) is 4.79 Å². The fraction of sp³-hybridized carbons (Fsp3) is 0.371. The van der Waals surface area contributed by atoms with E-state index in [1.54, 1.807) is 12.1 Å². The van der Waals surface area contributed by atoms with Crippen LogP contribution >= 0.6 is 0 Å². The molecule has 0 fully saturated rings. The zero-order valence-electron chi connectivity index (χ0n) is 25.7. The number of nitrogens with zero attached hydrogens (tertiary/aromatic N) is 2. The van der Waals surface area contributed by atoms with Crippen LogP contribution in [0, 0.1) is 11.6 Å². The van der Waals surface area contributed by atoms with Crippen LogP contribution in [0.2, 0.25) is 0 Å². The number of anilines is 1. The minimum Gasteiger partial charge on any atom is -0.489 e. The number of aliphatic hydroxyl groups excluding tert-OH is 1. The summed E-state index contributed by atoms with van der Waals surface area (Å²) in [4.78, 5) is 20.4. The Morgan fingerprint density at radius 3 is 2.60 bits per heavy atom. The highest BCUT2D eigenvalue weighted by Gasteiger charge is 2.28. The van der Waals surface area contributed by atoms with Crippen molar-refractivity contribution in [1.29, 1.82) is 0 Å². The molecule has 2 unspecified atom stereocenters. The molecular weight excluding hydrogens is 578 g/mol. The van der Waals surface area contributed by atoms with Gasteiger partial charge in [0.1, 0.15) is 24.5 Å². The van der Waals surface area contributed by atoms with Crippen LogP contribution in [0.3, 0.4) is 0 Å². The van der Waals surface area contributed by atoms with Crippen molar-refractivity contribution < 1.29 is 27.8 Å². The van der Waals surface area contributed by atoms with Gasteiger partial charge in [-0.2, -0.15) is 0 Å². The Bertz CT molecular complexity index is 1560. The molecule has 1 aliphatic rings. The highest BCUT2D eigenvalue weighted by molar-refractivity contribution is 5.98. The van der Waals surface area contributed by atoms with Crippen LogP contribution in [0.15, 0.2) is 71.5 Å². The van der Waals surface area contributed by atoms with E-state index in [0.717, 1.165) is 43.1 Å². The lowest BCUT2D eigenvalue weighted by Crippen LogP contribution is -2.48. The lowest BCUT2D eigenvalue weighted by molar-refractivity contribution is 0.0830. The molecule has 0 bridgehead atoms. The number of benzene rings is 3. The molecule has 1 amide bonds. The quantitative estimate of drug-likeness (QED) is 0.167.